The summed E-state index contributed by atoms with van der Waals surface area (Å²) in [6, 6.07) is 14.7. The maximum atomic E-state index is 12.8. The van der Waals surface area contributed by atoms with Crippen molar-refractivity contribution >= 4 is 34.1 Å². The Kier molecular flexibility index (Phi) is 5.33. The Morgan fingerprint density at radius 3 is 2.34 bits per heavy atom. The molecule has 0 atom stereocenters. The number of methoxy groups -OCH3 is 1. The zero-order chi connectivity index (χ0) is 23.0. The highest BCUT2D eigenvalue weighted by atomic mass is 16.5. The maximum absolute atomic E-state index is 12.8. The molecule has 32 heavy (non-hydrogen) atoms. The maximum Gasteiger partial charge on any atom is 0.375 e. The second-order valence-corrected chi connectivity index (χ2v) is 7.33. The molecule has 1 aliphatic rings. The number of hydrogen-bond acceptors (Lipinski definition) is 8. The van der Waals surface area contributed by atoms with E-state index < -0.39 is 18.4 Å². The molecule has 0 spiro atoms. The Hall–Kier alpha value is -4.25. The standard InChI is InChI=1S/C24H21N3O5/c1-14-16-11-15(30-4)9-10-21(16)32-22(14)24(29)31-13-20(28)17(12-25)23-26(2)18-7-5-6-8-19(18)27(23)3/h5-11H,13H2,1-4H3. The smallest absolute Gasteiger partial charge is 0.375 e. The van der Waals surface area contributed by atoms with Crippen molar-refractivity contribution in [1.29, 1.82) is 5.26 Å². The minimum Gasteiger partial charge on any atom is -0.497 e. The number of Topliss-reactive ketones (excluding diaryl/α,β-unsaturated/α-hetero) is 1. The van der Waals surface area contributed by atoms with Crippen LogP contribution < -0.4 is 14.5 Å². The topological polar surface area (TPSA) is 96.0 Å². The lowest BCUT2D eigenvalue weighted by Gasteiger charge is -2.19. The van der Waals surface area contributed by atoms with E-state index in [0.717, 1.165) is 16.8 Å². The number of para-hydroxylation sites is 2. The van der Waals surface area contributed by atoms with E-state index in [1.54, 1.807) is 56.1 Å². The fraction of sp³-hybridized carbons (Fsp3) is 0.208. The van der Waals surface area contributed by atoms with E-state index in [-0.39, 0.29) is 11.3 Å². The van der Waals surface area contributed by atoms with E-state index >= 15 is 0 Å². The van der Waals surface area contributed by atoms with E-state index in [4.69, 9.17) is 13.9 Å². The predicted molar refractivity (Wildman–Crippen MR) is 119 cm³/mol. The number of nitriles is 1. The lowest BCUT2D eigenvalue weighted by molar-refractivity contribution is -0.118. The highest BCUT2D eigenvalue weighted by Crippen LogP contribution is 2.40. The van der Waals surface area contributed by atoms with E-state index in [1.165, 1.54) is 0 Å². The highest BCUT2D eigenvalue weighted by molar-refractivity contribution is 6.05. The van der Waals surface area contributed by atoms with Gasteiger partial charge in [0, 0.05) is 25.0 Å². The van der Waals surface area contributed by atoms with Gasteiger partial charge in [-0.1, -0.05) is 12.1 Å². The molecular formula is C24H21N3O5. The molecule has 0 aliphatic carbocycles. The summed E-state index contributed by atoms with van der Waals surface area (Å²) in [5, 5.41) is 10.4. The molecule has 0 saturated carbocycles. The van der Waals surface area contributed by atoms with Crippen LogP contribution in [0.1, 0.15) is 16.1 Å². The third-order valence-corrected chi connectivity index (χ3v) is 5.52. The number of fused-ring (bicyclic) bond motifs is 2. The van der Waals surface area contributed by atoms with Crippen LogP contribution in [0.5, 0.6) is 5.75 Å². The van der Waals surface area contributed by atoms with Crippen molar-refractivity contribution in [1.82, 2.24) is 0 Å². The van der Waals surface area contributed by atoms with Gasteiger partial charge in [-0.3, -0.25) is 4.79 Å². The van der Waals surface area contributed by atoms with Crippen LogP contribution in [-0.4, -0.2) is 39.6 Å². The average molecular weight is 431 g/mol. The number of aryl methyl sites for hydroxylation is 1. The van der Waals surface area contributed by atoms with Crippen molar-refractivity contribution in [2.45, 2.75) is 6.92 Å². The van der Waals surface area contributed by atoms with Crippen molar-refractivity contribution in [3.8, 4) is 11.8 Å². The van der Waals surface area contributed by atoms with Gasteiger partial charge < -0.3 is 23.7 Å². The minimum absolute atomic E-state index is 0.00900. The molecule has 4 rings (SSSR count). The molecule has 2 heterocycles. The van der Waals surface area contributed by atoms with E-state index in [1.807, 2.05) is 30.3 Å². The van der Waals surface area contributed by atoms with Crippen LogP contribution in [0.4, 0.5) is 11.4 Å². The molecule has 0 fully saturated rings. The van der Waals surface area contributed by atoms with Crippen LogP contribution in [0.25, 0.3) is 11.0 Å². The molecule has 0 unspecified atom stereocenters. The van der Waals surface area contributed by atoms with Crippen LogP contribution in [0.3, 0.4) is 0 Å². The van der Waals surface area contributed by atoms with Gasteiger partial charge >= 0.3 is 5.97 Å². The van der Waals surface area contributed by atoms with Crippen LogP contribution in [0, 0.1) is 18.3 Å². The predicted octanol–water partition coefficient (Wildman–Crippen LogP) is 3.80. The first-order valence-electron chi connectivity index (χ1n) is 9.85. The number of carbonyl (C=O) groups excluding carboxylic acids is 2. The van der Waals surface area contributed by atoms with Gasteiger partial charge in [0.05, 0.1) is 18.5 Å². The third kappa shape index (κ3) is 3.34. The molecule has 2 aromatic carbocycles. The molecule has 1 aliphatic heterocycles. The van der Waals surface area contributed by atoms with Gasteiger partial charge in [-0.25, -0.2) is 4.79 Å². The normalized spacial score (nSPS) is 12.5. The fourth-order valence-electron chi connectivity index (χ4n) is 3.85. The number of hydrogen-bond donors (Lipinski definition) is 0. The molecule has 0 N–H and O–H groups in total. The molecule has 0 radical (unpaired) electrons. The number of esters is 1. The number of ether oxygens (including phenoxy) is 2. The SMILES string of the molecule is COc1ccc2oc(C(=O)OCC(=O)C(C#N)=C3N(C)c4ccccc4N3C)c(C)c2c1. The number of benzene rings is 2. The summed E-state index contributed by atoms with van der Waals surface area (Å²) in [4.78, 5) is 29.0. The fourth-order valence-corrected chi connectivity index (χ4v) is 3.85. The summed E-state index contributed by atoms with van der Waals surface area (Å²) in [6.45, 7) is 1.15. The Bertz CT molecular complexity index is 1280. The van der Waals surface area contributed by atoms with Crippen molar-refractivity contribution in [2.75, 3.05) is 37.6 Å². The second-order valence-electron chi connectivity index (χ2n) is 7.33. The van der Waals surface area contributed by atoms with Gasteiger partial charge in [0.1, 0.15) is 28.8 Å². The van der Waals surface area contributed by atoms with E-state index in [2.05, 4.69) is 0 Å². The van der Waals surface area contributed by atoms with Crippen molar-refractivity contribution in [3.05, 3.63) is 65.2 Å². The zero-order valence-corrected chi connectivity index (χ0v) is 18.1. The summed E-state index contributed by atoms with van der Waals surface area (Å²) >= 11 is 0. The number of anilines is 2. The summed E-state index contributed by atoms with van der Waals surface area (Å²) in [7, 11) is 5.11. The van der Waals surface area contributed by atoms with E-state index in [0.29, 0.717) is 22.7 Å². The molecule has 1 aromatic heterocycles. The molecular weight excluding hydrogens is 410 g/mol. The lowest BCUT2D eigenvalue weighted by Crippen LogP contribution is -2.27. The van der Waals surface area contributed by atoms with Crippen molar-refractivity contribution in [3.63, 3.8) is 0 Å². The Labute approximate surface area is 184 Å². The molecule has 8 heteroatoms. The number of nitrogens with zero attached hydrogens (tertiary/aromatic N) is 3. The first-order chi connectivity index (χ1) is 15.4. The summed E-state index contributed by atoms with van der Waals surface area (Å²) in [5.41, 5.74) is 2.74. The number of rotatable bonds is 5. The van der Waals surface area contributed by atoms with Crippen LogP contribution in [0.2, 0.25) is 0 Å². The molecule has 8 nitrogen and oxygen atoms in total. The van der Waals surface area contributed by atoms with Crippen LogP contribution in [0.15, 0.2) is 58.3 Å². The number of furan rings is 1. The van der Waals surface area contributed by atoms with Crippen LogP contribution >= 0.6 is 0 Å². The summed E-state index contributed by atoms with van der Waals surface area (Å²) < 4.78 is 16.0. The Balaban J connectivity index is 1.55. The van der Waals surface area contributed by atoms with Crippen molar-refractivity contribution in [2.24, 2.45) is 0 Å². The van der Waals surface area contributed by atoms with E-state index in [9.17, 15) is 14.9 Å². The summed E-state index contributed by atoms with van der Waals surface area (Å²) in [6.07, 6.45) is 0. The first-order valence-corrected chi connectivity index (χ1v) is 9.85. The molecule has 0 saturated heterocycles. The largest absolute Gasteiger partial charge is 0.497 e. The first kappa shape index (κ1) is 21.0. The van der Waals surface area contributed by atoms with Gasteiger partial charge in [-0.05, 0) is 37.3 Å². The quantitative estimate of drug-likeness (QED) is 0.342. The Morgan fingerprint density at radius 2 is 1.75 bits per heavy atom. The molecule has 3 aromatic rings. The monoisotopic (exact) mass is 431 g/mol. The summed E-state index contributed by atoms with van der Waals surface area (Å²) in [5.74, 6) is -0.299. The minimum atomic E-state index is -0.773. The molecule has 162 valence electrons. The third-order valence-electron chi connectivity index (χ3n) is 5.52. The van der Waals surface area contributed by atoms with Crippen molar-refractivity contribution < 1.29 is 23.5 Å². The number of ketones is 1. The van der Waals surface area contributed by atoms with Gasteiger partial charge in [-0.2, -0.15) is 5.26 Å². The second kappa shape index (κ2) is 8.12. The average Bonchev–Trinajstić information content (AvgIpc) is 3.27. The zero-order valence-electron chi connectivity index (χ0n) is 18.1. The van der Waals surface area contributed by atoms with Crippen LogP contribution in [-0.2, 0) is 9.53 Å². The van der Waals surface area contributed by atoms with Gasteiger partial charge in [-0.15, -0.1) is 0 Å². The van der Waals surface area contributed by atoms with Gasteiger partial charge in [0.2, 0.25) is 11.5 Å². The molecule has 0 bridgehead atoms. The van der Waals surface area contributed by atoms with Gasteiger partial charge in [0.15, 0.2) is 6.61 Å². The lowest BCUT2D eigenvalue weighted by atomic mass is 10.1. The Morgan fingerprint density at radius 1 is 1.09 bits per heavy atom. The molecule has 0 amide bonds. The number of carbonyl (C=O) groups is 2. The van der Waals surface area contributed by atoms with Gasteiger partial charge in [0.25, 0.3) is 0 Å². The highest BCUT2D eigenvalue weighted by Gasteiger charge is 2.32.